The van der Waals surface area contributed by atoms with Crippen molar-refractivity contribution < 1.29 is 8.81 Å². The number of hydrogen-bond acceptors (Lipinski definition) is 2. The van der Waals surface area contributed by atoms with Gasteiger partial charge in [-0.3, -0.25) is 0 Å². The largest absolute Gasteiger partial charge is 0.472 e. The molecular weight excluding hydrogens is 253 g/mol. The number of benzene rings is 1. The smallest absolute Gasteiger partial charge is 0.129 e. The molecule has 0 saturated heterocycles. The Bertz CT molecular complexity index is 499. The molecular formula is C14H15ClFNO. The molecule has 2 rings (SSSR count). The van der Waals surface area contributed by atoms with E-state index in [2.05, 4.69) is 5.32 Å². The summed E-state index contributed by atoms with van der Waals surface area (Å²) in [6.45, 7) is 2.76. The zero-order chi connectivity index (χ0) is 13.0. The first-order chi connectivity index (χ1) is 8.70. The second kappa shape index (κ2) is 6.03. The molecule has 18 heavy (non-hydrogen) atoms. The van der Waals surface area contributed by atoms with Crippen LogP contribution in [0.3, 0.4) is 0 Å². The van der Waals surface area contributed by atoms with Crippen LogP contribution in [-0.2, 0) is 6.42 Å². The van der Waals surface area contributed by atoms with Crippen LogP contribution in [0.4, 0.5) is 4.39 Å². The van der Waals surface area contributed by atoms with Crippen molar-refractivity contribution in [2.75, 3.05) is 6.54 Å². The predicted octanol–water partition coefficient (Wildman–Crippen LogP) is 3.97. The lowest BCUT2D eigenvalue weighted by molar-refractivity contribution is 0.505. The number of rotatable bonds is 5. The summed E-state index contributed by atoms with van der Waals surface area (Å²) < 4.78 is 18.9. The molecule has 0 aliphatic heterocycles. The van der Waals surface area contributed by atoms with E-state index in [4.69, 9.17) is 16.0 Å². The third-order valence-electron chi connectivity index (χ3n) is 2.81. The van der Waals surface area contributed by atoms with Crippen LogP contribution in [0.25, 0.3) is 0 Å². The normalized spacial score (nSPS) is 12.6. The van der Waals surface area contributed by atoms with Crippen molar-refractivity contribution in [2.45, 2.75) is 19.4 Å². The SMILES string of the molecule is CCNC(Cc1ccoc1)c1ccc(Cl)cc1F. The third-order valence-corrected chi connectivity index (χ3v) is 3.04. The van der Waals surface area contributed by atoms with Gasteiger partial charge in [0.2, 0.25) is 0 Å². The van der Waals surface area contributed by atoms with Gasteiger partial charge < -0.3 is 9.73 Å². The van der Waals surface area contributed by atoms with Gasteiger partial charge in [0.05, 0.1) is 12.5 Å². The van der Waals surface area contributed by atoms with E-state index in [0.717, 1.165) is 12.1 Å². The maximum atomic E-state index is 13.9. The van der Waals surface area contributed by atoms with Gasteiger partial charge in [0.15, 0.2) is 0 Å². The third kappa shape index (κ3) is 3.12. The van der Waals surface area contributed by atoms with E-state index in [9.17, 15) is 4.39 Å². The molecule has 1 heterocycles. The molecule has 1 atom stereocenters. The van der Waals surface area contributed by atoms with Crippen LogP contribution in [-0.4, -0.2) is 6.54 Å². The van der Waals surface area contributed by atoms with Crippen LogP contribution in [0.5, 0.6) is 0 Å². The van der Waals surface area contributed by atoms with Crippen molar-refractivity contribution in [1.29, 1.82) is 0 Å². The highest BCUT2D eigenvalue weighted by Crippen LogP contribution is 2.24. The fourth-order valence-electron chi connectivity index (χ4n) is 1.97. The number of halogens is 2. The highest BCUT2D eigenvalue weighted by Gasteiger charge is 2.16. The van der Waals surface area contributed by atoms with Gasteiger partial charge in [-0.15, -0.1) is 0 Å². The van der Waals surface area contributed by atoms with E-state index in [1.54, 1.807) is 24.7 Å². The molecule has 2 nitrogen and oxygen atoms in total. The van der Waals surface area contributed by atoms with Gasteiger partial charge in [0.25, 0.3) is 0 Å². The van der Waals surface area contributed by atoms with Gasteiger partial charge in [0.1, 0.15) is 5.82 Å². The van der Waals surface area contributed by atoms with Gasteiger partial charge in [-0.25, -0.2) is 4.39 Å². The van der Waals surface area contributed by atoms with E-state index in [1.165, 1.54) is 6.07 Å². The Kier molecular flexibility index (Phi) is 4.39. The second-order valence-corrected chi connectivity index (χ2v) is 4.55. The molecule has 0 radical (unpaired) electrons. The van der Waals surface area contributed by atoms with Gasteiger partial charge in [0, 0.05) is 16.6 Å². The highest BCUT2D eigenvalue weighted by molar-refractivity contribution is 6.30. The number of furan rings is 1. The van der Waals surface area contributed by atoms with Gasteiger partial charge in [-0.05, 0) is 36.7 Å². The van der Waals surface area contributed by atoms with E-state index in [-0.39, 0.29) is 11.9 Å². The quantitative estimate of drug-likeness (QED) is 0.887. The Labute approximate surface area is 111 Å². The average molecular weight is 268 g/mol. The maximum Gasteiger partial charge on any atom is 0.129 e. The van der Waals surface area contributed by atoms with Crippen LogP contribution < -0.4 is 5.32 Å². The van der Waals surface area contributed by atoms with E-state index in [0.29, 0.717) is 17.0 Å². The van der Waals surface area contributed by atoms with Crippen molar-refractivity contribution in [2.24, 2.45) is 0 Å². The summed E-state index contributed by atoms with van der Waals surface area (Å²) in [4.78, 5) is 0. The monoisotopic (exact) mass is 267 g/mol. The zero-order valence-corrected chi connectivity index (χ0v) is 10.9. The van der Waals surface area contributed by atoms with Crippen molar-refractivity contribution in [1.82, 2.24) is 5.32 Å². The molecule has 0 fully saturated rings. The fourth-order valence-corrected chi connectivity index (χ4v) is 2.13. The first kappa shape index (κ1) is 13.1. The summed E-state index contributed by atoms with van der Waals surface area (Å²) in [5.74, 6) is -0.281. The van der Waals surface area contributed by atoms with Gasteiger partial charge in [-0.2, -0.15) is 0 Å². The molecule has 1 unspecified atom stereocenters. The predicted molar refractivity (Wildman–Crippen MR) is 70.2 cm³/mol. The lowest BCUT2D eigenvalue weighted by atomic mass is 10.00. The Hall–Kier alpha value is -1.32. The van der Waals surface area contributed by atoms with Crippen molar-refractivity contribution in [3.8, 4) is 0 Å². The molecule has 96 valence electrons. The lowest BCUT2D eigenvalue weighted by Crippen LogP contribution is -2.23. The summed E-state index contributed by atoms with van der Waals surface area (Å²) in [5.41, 5.74) is 1.66. The molecule has 0 saturated carbocycles. The van der Waals surface area contributed by atoms with E-state index in [1.807, 2.05) is 13.0 Å². The Morgan fingerprint density at radius 2 is 2.22 bits per heavy atom. The van der Waals surface area contributed by atoms with Crippen LogP contribution in [0, 0.1) is 5.82 Å². The van der Waals surface area contributed by atoms with E-state index >= 15 is 0 Å². The van der Waals surface area contributed by atoms with Crippen LogP contribution >= 0.6 is 11.6 Å². The Morgan fingerprint density at radius 1 is 1.39 bits per heavy atom. The molecule has 1 N–H and O–H groups in total. The number of nitrogens with one attached hydrogen (secondary N) is 1. The minimum absolute atomic E-state index is 0.0788. The summed E-state index contributed by atoms with van der Waals surface area (Å²) in [5, 5.41) is 3.68. The molecule has 0 bridgehead atoms. The van der Waals surface area contributed by atoms with Crippen LogP contribution in [0.1, 0.15) is 24.1 Å². The standard InChI is InChI=1S/C14H15ClFNO/c1-2-17-14(7-10-5-6-18-9-10)12-4-3-11(15)8-13(12)16/h3-6,8-9,14,17H,2,7H2,1H3. The average Bonchev–Trinajstić information content (AvgIpc) is 2.81. The maximum absolute atomic E-state index is 13.9. The number of likely N-dealkylation sites (N-methyl/N-ethyl adjacent to an activating group) is 1. The minimum atomic E-state index is -0.281. The van der Waals surface area contributed by atoms with Crippen molar-refractivity contribution >= 4 is 11.6 Å². The lowest BCUT2D eigenvalue weighted by Gasteiger charge is -2.18. The minimum Gasteiger partial charge on any atom is -0.472 e. The molecule has 0 aliphatic carbocycles. The summed E-state index contributed by atoms with van der Waals surface area (Å²) in [6, 6.07) is 6.59. The Balaban J connectivity index is 2.23. The zero-order valence-electron chi connectivity index (χ0n) is 10.1. The molecule has 1 aromatic heterocycles. The van der Waals surface area contributed by atoms with Gasteiger partial charge in [-0.1, -0.05) is 24.6 Å². The first-order valence-electron chi connectivity index (χ1n) is 5.90. The summed E-state index contributed by atoms with van der Waals surface area (Å²) in [7, 11) is 0. The molecule has 1 aromatic carbocycles. The topological polar surface area (TPSA) is 25.2 Å². The van der Waals surface area contributed by atoms with Crippen LogP contribution in [0.15, 0.2) is 41.2 Å². The second-order valence-electron chi connectivity index (χ2n) is 4.11. The summed E-state index contributed by atoms with van der Waals surface area (Å²) >= 11 is 5.77. The van der Waals surface area contributed by atoms with Crippen LogP contribution in [0.2, 0.25) is 5.02 Å². The summed E-state index contributed by atoms with van der Waals surface area (Å²) in [6.07, 6.45) is 3.98. The van der Waals surface area contributed by atoms with Gasteiger partial charge >= 0.3 is 0 Å². The highest BCUT2D eigenvalue weighted by atomic mass is 35.5. The van der Waals surface area contributed by atoms with E-state index < -0.39 is 0 Å². The first-order valence-corrected chi connectivity index (χ1v) is 6.28. The van der Waals surface area contributed by atoms with Crippen molar-refractivity contribution in [3.63, 3.8) is 0 Å². The Morgan fingerprint density at radius 3 is 2.83 bits per heavy atom. The molecule has 2 aromatic rings. The fraction of sp³-hybridized carbons (Fsp3) is 0.286. The molecule has 4 heteroatoms. The molecule has 0 spiro atoms. The van der Waals surface area contributed by atoms with Crippen molar-refractivity contribution in [3.05, 3.63) is 58.8 Å². The molecule has 0 amide bonds. The molecule has 0 aliphatic rings. The number of hydrogen-bond donors (Lipinski definition) is 1.